The van der Waals surface area contributed by atoms with Gasteiger partial charge in [-0.25, -0.2) is 0 Å². The zero-order valence-electron chi connectivity index (χ0n) is 7.74. The number of benzene rings is 1. The number of halogens is 2. The molecule has 0 saturated carbocycles. The third kappa shape index (κ3) is 2.15. The van der Waals surface area contributed by atoms with Gasteiger partial charge in [-0.05, 0) is 17.7 Å². The summed E-state index contributed by atoms with van der Waals surface area (Å²) in [6, 6.07) is 5.12. The van der Waals surface area contributed by atoms with Crippen LogP contribution in [-0.4, -0.2) is 10.2 Å². The third-order valence-electron chi connectivity index (χ3n) is 2.18. The predicted octanol–water partition coefficient (Wildman–Crippen LogP) is 2.76. The summed E-state index contributed by atoms with van der Waals surface area (Å²) < 4.78 is 0. The highest BCUT2D eigenvalue weighted by Crippen LogP contribution is 2.27. The Bertz CT molecular complexity index is 454. The molecule has 0 amide bonds. The lowest BCUT2D eigenvalue weighted by molar-refractivity contribution is 0.873. The Morgan fingerprint density at radius 2 is 2.00 bits per heavy atom. The van der Waals surface area contributed by atoms with Gasteiger partial charge in [0.15, 0.2) is 0 Å². The fourth-order valence-electron chi connectivity index (χ4n) is 1.33. The molecule has 15 heavy (non-hydrogen) atoms. The van der Waals surface area contributed by atoms with E-state index in [4.69, 9.17) is 28.9 Å². The Morgan fingerprint density at radius 1 is 1.20 bits per heavy atom. The number of aromatic amines is 1. The molecule has 78 valence electrons. The van der Waals surface area contributed by atoms with Crippen LogP contribution in [0.3, 0.4) is 0 Å². The first-order valence-electron chi connectivity index (χ1n) is 4.37. The molecule has 0 bridgehead atoms. The van der Waals surface area contributed by atoms with Crippen molar-refractivity contribution in [2.75, 3.05) is 0 Å². The van der Waals surface area contributed by atoms with Gasteiger partial charge in [-0.2, -0.15) is 5.10 Å². The average molecular weight is 242 g/mol. The molecule has 1 aromatic carbocycles. The number of nitrogens with two attached hydrogens (primary N) is 1. The first kappa shape index (κ1) is 10.5. The van der Waals surface area contributed by atoms with Crippen molar-refractivity contribution >= 4 is 23.2 Å². The summed E-state index contributed by atoms with van der Waals surface area (Å²) in [5.74, 6) is 0. The van der Waals surface area contributed by atoms with E-state index in [9.17, 15) is 0 Å². The molecule has 3 N–H and O–H groups in total. The maximum absolute atomic E-state index is 6.02. The van der Waals surface area contributed by atoms with Gasteiger partial charge in [-0.1, -0.05) is 29.3 Å². The highest BCUT2D eigenvalue weighted by atomic mass is 35.5. The lowest BCUT2D eigenvalue weighted by atomic mass is 10.0. The highest BCUT2D eigenvalue weighted by Gasteiger charge is 2.11. The molecule has 5 heteroatoms. The standard InChI is InChI=1S/C10H9Cl2N3/c11-8-2-1-6(3-9(8)12)10(13)7-4-14-15-5-7/h1-5,10H,13H2,(H,14,15). The Balaban J connectivity index is 2.34. The average Bonchev–Trinajstić information content (AvgIpc) is 2.74. The van der Waals surface area contributed by atoms with E-state index in [0.717, 1.165) is 11.1 Å². The molecule has 0 aliphatic carbocycles. The van der Waals surface area contributed by atoms with Gasteiger partial charge in [0.25, 0.3) is 0 Å². The highest BCUT2D eigenvalue weighted by molar-refractivity contribution is 6.42. The summed E-state index contributed by atoms with van der Waals surface area (Å²) >= 11 is 11.7. The van der Waals surface area contributed by atoms with E-state index >= 15 is 0 Å². The number of rotatable bonds is 2. The zero-order chi connectivity index (χ0) is 10.8. The second-order valence-electron chi connectivity index (χ2n) is 3.18. The fraction of sp³-hybridized carbons (Fsp3) is 0.100. The van der Waals surface area contributed by atoms with Crippen LogP contribution in [0.15, 0.2) is 30.6 Å². The molecule has 0 radical (unpaired) electrons. The monoisotopic (exact) mass is 241 g/mol. The van der Waals surface area contributed by atoms with Crippen LogP contribution >= 0.6 is 23.2 Å². The van der Waals surface area contributed by atoms with Crippen molar-refractivity contribution in [3.05, 3.63) is 51.8 Å². The van der Waals surface area contributed by atoms with Crippen LogP contribution in [-0.2, 0) is 0 Å². The molecule has 0 saturated heterocycles. The van der Waals surface area contributed by atoms with Crippen molar-refractivity contribution < 1.29 is 0 Å². The molecular formula is C10H9Cl2N3. The normalized spacial score (nSPS) is 12.7. The van der Waals surface area contributed by atoms with Crippen LogP contribution < -0.4 is 5.73 Å². The second kappa shape index (κ2) is 4.23. The minimum Gasteiger partial charge on any atom is -0.320 e. The summed E-state index contributed by atoms with van der Waals surface area (Å²) in [4.78, 5) is 0. The van der Waals surface area contributed by atoms with E-state index < -0.39 is 0 Å². The molecule has 2 rings (SSSR count). The van der Waals surface area contributed by atoms with Crippen molar-refractivity contribution in [1.29, 1.82) is 0 Å². The Kier molecular flexibility index (Phi) is 2.95. The molecule has 0 fully saturated rings. The van der Waals surface area contributed by atoms with E-state index in [-0.39, 0.29) is 6.04 Å². The van der Waals surface area contributed by atoms with Crippen molar-refractivity contribution in [3.63, 3.8) is 0 Å². The molecule has 1 unspecified atom stereocenters. The summed E-state index contributed by atoms with van der Waals surface area (Å²) in [7, 11) is 0. The first-order valence-corrected chi connectivity index (χ1v) is 5.13. The van der Waals surface area contributed by atoms with Crippen LogP contribution in [0.2, 0.25) is 10.0 Å². The molecule has 2 aromatic rings. The number of hydrogen-bond donors (Lipinski definition) is 2. The van der Waals surface area contributed by atoms with Crippen LogP contribution in [0.5, 0.6) is 0 Å². The molecule has 1 heterocycles. The Labute approximate surface area is 97.2 Å². The second-order valence-corrected chi connectivity index (χ2v) is 4.00. The Morgan fingerprint density at radius 3 is 2.60 bits per heavy atom. The van der Waals surface area contributed by atoms with Crippen molar-refractivity contribution in [2.24, 2.45) is 5.73 Å². The number of H-pyrrole nitrogens is 1. The largest absolute Gasteiger partial charge is 0.320 e. The number of aromatic nitrogens is 2. The van der Waals surface area contributed by atoms with Gasteiger partial charge in [-0.15, -0.1) is 0 Å². The summed E-state index contributed by atoms with van der Waals surface area (Å²) in [5, 5.41) is 7.60. The SMILES string of the molecule is NC(c1cn[nH]c1)c1ccc(Cl)c(Cl)c1. The smallest absolute Gasteiger partial charge is 0.0595 e. The Hall–Kier alpha value is -1.03. The van der Waals surface area contributed by atoms with E-state index in [1.807, 2.05) is 6.07 Å². The van der Waals surface area contributed by atoms with Crippen molar-refractivity contribution in [2.45, 2.75) is 6.04 Å². The first-order chi connectivity index (χ1) is 7.18. The van der Waals surface area contributed by atoms with Gasteiger partial charge in [0, 0.05) is 11.8 Å². The maximum atomic E-state index is 6.02. The molecule has 1 aromatic heterocycles. The topological polar surface area (TPSA) is 54.7 Å². The van der Waals surface area contributed by atoms with E-state index in [1.54, 1.807) is 24.5 Å². The third-order valence-corrected chi connectivity index (χ3v) is 2.92. The molecule has 0 aliphatic rings. The van der Waals surface area contributed by atoms with Crippen molar-refractivity contribution in [3.8, 4) is 0 Å². The van der Waals surface area contributed by atoms with Gasteiger partial charge >= 0.3 is 0 Å². The van der Waals surface area contributed by atoms with Gasteiger partial charge < -0.3 is 5.73 Å². The predicted molar refractivity (Wildman–Crippen MR) is 61.1 cm³/mol. The van der Waals surface area contributed by atoms with E-state index in [2.05, 4.69) is 10.2 Å². The molecule has 3 nitrogen and oxygen atoms in total. The summed E-state index contributed by atoms with van der Waals surface area (Å²) in [6.45, 7) is 0. The fourth-order valence-corrected chi connectivity index (χ4v) is 1.64. The van der Waals surface area contributed by atoms with Gasteiger partial charge in [0.1, 0.15) is 0 Å². The van der Waals surface area contributed by atoms with Crippen molar-refractivity contribution in [1.82, 2.24) is 10.2 Å². The van der Waals surface area contributed by atoms with Crippen LogP contribution in [0.4, 0.5) is 0 Å². The number of nitrogens with one attached hydrogen (secondary N) is 1. The number of nitrogens with zero attached hydrogens (tertiary/aromatic N) is 1. The number of hydrogen-bond acceptors (Lipinski definition) is 2. The lowest BCUT2D eigenvalue weighted by Crippen LogP contribution is -2.10. The van der Waals surface area contributed by atoms with E-state index in [0.29, 0.717) is 10.0 Å². The van der Waals surface area contributed by atoms with Crippen LogP contribution in [0, 0.1) is 0 Å². The maximum Gasteiger partial charge on any atom is 0.0595 e. The minimum atomic E-state index is -0.237. The molecule has 0 spiro atoms. The summed E-state index contributed by atoms with van der Waals surface area (Å²) in [5.41, 5.74) is 7.84. The molecule has 0 aliphatic heterocycles. The lowest BCUT2D eigenvalue weighted by Gasteiger charge is -2.10. The van der Waals surface area contributed by atoms with Gasteiger partial charge in [-0.3, -0.25) is 5.10 Å². The van der Waals surface area contributed by atoms with Gasteiger partial charge in [0.2, 0.25) is 0 Å². The zero-order valence-corrected chi connectivity index (χ0v) is 9.26. The van der Waals surface area contributed by atoms with E-state index in [1.165, 1.54) is 0 Å². The molecule has 1 atom stereocenters. The van der Waals surface area contributed by atoms with Gasteiger partial charge in [0.05, 0.1) is 22.3 Å². The minimum absolute atomic E-state index is 0.237. The summed E-state index contributed by atoms with van der Waals surface area (Å²) in [6.07, 6.45) is 3.44. The quantitative estimate of drug-likeness (QED) is 0.850. The van der Waals surface area contributed by atoms with Crippen LogP contribution in [0.25, 0.3) is 0 Å². The molecular weight excluding hydrogens is 233 g/mol. The van der Waals surface area contributed by atoms with Crippen LogP contribution in [0.1, 0.15) is 17.2 Å².